The summed E-state index contributed by atoms with van der Waals surface area (Å²) in [6.45, 7) is 6.23. The van der Waals surface area contributed by atoms with E-state index in [1.54, 1.807) is 6.26 Å². The van der Waals surface area contributed by atoms with Crippen LogP contribution in [0, 0.1) is 13.8 Å². The molecular formula is C23H27NO3. The summed E-state index contributed by atoms with van der Waals surface area (Å²) in [4.78, 5) is 2.18. The average Bonchev–Trinajstić information content (AvgIpc) is 3.14. The van der Waals surface area contributed by atoms with Gasteiger partial charge in [-0.15, -0.1) is 0 Å². The smallest absolute Gasteiger partial charge is 0.122 e. The molecule has 4 nitrogen and oxygen atoms in total. The molecule has 0 aliphatic heterocycles. The summed E-state index contributed by atoms with van der Waals surface area (Å²) < 4.78 is 11.3. The Labute approximate surface area is 161 Å². The van der Waals surface area contributed by atoms with Crippen molar-refractivity contribution in [3.63, 3.8) is 0 Å². The van der Waals surface area contributed by atoms with Crippen LogP contribution in [-0.2, 0) is 13.1 Å². The van der Waals surface area contributed by atoms with Crippen LogP contribution < -0.4 is 4.74 Å². The predicted molar refractivity (Wildman–Crippen MR) is 107 cm³/mol. The van der Waals surface area contributed by atoms with Crippen LogP contribution in [0.1, 0.15) is 22.5 Å². The summed E-state index contributed by atoms with van der Waals surface area (Å²) in [6.07, 6.45) is 1.09. The number of aliphatic hydroxyl groups is 1. The molecule has 27 heavy (non-hydrogen) atoms. The van der Waals surface area contributed by atoms with Gasteiger partial charge < -0.3 is 14.3 Å². The number of ether oxygens (including phenoxy) is 1. The van der Waals surface area contributed by atoms with Crippen LogP contribution in [0.3, 0.4) is 0 Å². The minimum atomic E-state index is -0.593. The fourth-order valence-corrected chi connectivity index (χ4v) is 3.13. The van der Waals surface area contributed by atoms with Crippen molar-refractivity contribution < 1.29 is 14.3 Å². The zero-order valence-corrected chi connectivity index (χ0v) is 16.0. The third kappa shape index (κ3) is 5.98. The number of aryl methyl sites for hydroxylation is 2. The maximum absolute atomic E-state index is 10.5. The van der Waals surface area contributed by atoms with Gasteiger partial charge in [-0.3, -0.25) is 4.90 Å². The van der Waals surface area contributed by atoms with Crippen LogP contribution in [0.15, 0.2) is 71.3 Å². The van der Waals surface area contributed by atoms with E-state index in [-0.39, 0.29) is 6.61 Å². The summed E-state index contributed by atoms with van der Waals surface area (Å²) in [5, 5.41) is 10.5. The Hall–Kier alpha value is -2.56. The second-order valence-electron chi connectivity index (χ2n) is 6.97. The first-order valence-corrected chi connectivity index (χ1v) is 9.27. The Bertz CT molecular complexity index is 829. The summed E-state index contributed by atoms with van der Waals surface area (Å²) in [5.41, 5.74) is 3.51. The fourth-order valence-electron chi connectivity index (χ4n) is 3.13. The molecule has 0 saturated heterocycles. The lowest BCUT2D eigenvalue weighted by molar-refractivity contribution is 0.0602. The first-order valence-electron chi connectivity index (χ1n) is 9.27. The Balaban J connectivity index is 1.62. The van der Waals surface area contributed by atoms with Crippen molar-refractivity contribution in [1.29, 1.82) is 0 Å². The molecule has 1 aromatic heterocycles. The quantitative estimate of drug-likeness (QED) is 0.613. The Morgan fingerprint density at radius 1 is 1.00 bits per heavy atom. The molecule has 2 aromatic carbocycles. The molecule has 0 bridgehead atoms. The van der Waals surface area contributed by atoms with E-state index in [0.717, 1.165) is 23.6 Å². The van der Waals surface area contributed by atoms with Crippen LogP contribution in [-0.4, -0.2) is 29.3 Å². The van der Waals surface area contributed by atoms with E-state index in [1.165, 1.54) is 11.1 Å². The van der Waals surface area contributed by atoms with E-state index in [1.807, 2.05) is 43.3 Å². The van der Waals surface area contributed by atoms with Crippen LogP contribution in [0.4, 0.5) is 0 Å². The van der Waals surface area contributed by atoms with E-state index in [4.69, 9.17) is 9.15 Å². The van der Waals surface area contributed by atoms with Crippen LogP contribution in [0.2, 0.25) is 0 Å². The monoisotopic (exact) mass is 365 g/mol. The van der Waals surface area contributed by atoms with E-state index in [9.17, 15) is 5.11 Å². The molecule has 142 valence electrons. The molecular weight excluding hydrogens is 338 g/mol. The van der Waals surface area contributed by atoms with Crippen LogP contribution >= 0.6 is 0 Å². The van der Waals surface area contributed by atoms with Gasteiger partial charge >= 0.3 is 0 Å². The summed E-state index contributed by atoms with van der Waals surface area (Å²) in [7, 11) is 0. The predicted octanol–water partition coefficient (Wildman–Crippen LogP) is 4.34. The lowest BCUT2D eigenvalue weighted by Crippen LogP contribution is -2.35. The number of hydrogen-bond donors (Lipinski definition) is 1. The second-order valence-corrected chi connectivity index (χ2v) is 6.97. The molecule has 0 radical (unpaired) electrons. The molecule has 0 aliphatic rings. The van der Waals surface area contributed by atoms with Crippen molar-refractivity contribution in [1.82, 2.24) is 4.90 Å². The van der Waals surface area contributed by atoms with Gasteiger partial charge in [0, 0.05) is 13.1 Å². The Morgan fingerprint density at radius 3 is 2.59 bits per heavy atom. The van der Waals surface area contributed by atoms with Gasteiger partial charge in [-0.1, -0.05) is 48.0 Å². The number of para-hydroxylation sites is 1. The molecule has 1 N–H and O–H groups in total. The zero-order chi connectivity index (χ0) is 19.1. The van der Waals surface area contributed by atoms with E-state index in [2.05, 4.69) is 36.1 Å². The highest BCUT2D eigenvalue weighted by Gasteiger charge is 2.15. The van der Waals surface area contributed by atoms with E-state index in [0.29, 0.717) is 13.1 Å². The molecule has 1 atom stereocenters. The molecule has 0 amide bonds. The van der Waals surface area contributed by atoms with Crippen LogP contribution in [0.25, 0.3) is 0 Å². The number of nitrogens with zero attached hydrogens (tertiary/aromatic N) is 1. The van der Waals surface area contributed by atoms with Gasteiger partial charge in [-0.2, -0.15) is 0 Å². The molecule has 0 spiro atoms. The number of benzene rings is 2. The third-order valence-corrected chi connectivity index (χ3v) is 4.44. The lowest BCUT2D eigenvalue weighted by Gasteiger charge is -2.25. The van der Waals surface area contributed by atoms with Gasteiger partial charge in [-0.05, 0) is 43.2 Å². The van der Waals surface area contributed by atoms with Gasteiger partial charge in [0.25, 0.3) is 0 Å². The van der Waals surface area contributed by atoms with Crippen molar-refractivity contribution in [3.05, 3.63) is 89.4 Å². The van der Waals surface area contributed by atoms with Gasteiger partial charge in [-0.25, -0.2) is 0 Å². The number of furan rings is 1. The van der Waals surface area contributed by atoms with Crippen molar-refractivity contribution in [3.8, 4) is 5.75 Å². The molecule has 3 aromatic rings. The number of aliphatic hydroxyl groups excluding tert-OH is 1. The van der Waals surface area contributed by atoms with Crippen molar-refractivity contribution >= 4 is 0 Å². The largest absolute Gasteiger partial charge is 0.491 e. The van der Waals surface area contributed by atoms with Gasteiger partial charge in [0.15, 0.2) is 0 Å². The van der Waals surface area contributed by atoms with Crippen molar-refractivity contribution in [2.24, 2.45) is 0 Å². The SMILES string of the molecule is Cc1cccc(CN(Cc2ccco2)C[C@@H](O)COc2ccccc2C)c1. The highest BCUT2D eigenvalue weighted by molar-refractivity contribution is 5.31. The van der Waals surface area contributed by atoms with Gasteiger partial charge in [0.2, 0.25) is 0 Å². The topological polar surface area (TPSA) is 45.8 Å². The minimum absolute atomic E-state index is 0.257. The molecule has 0 fully saturated rings. The Kier molecular flexibility index (Phi) is 6.69. The molecule has 0 aliphatic carbocycles. The summed E-state index contributed by atoms with van der Waals surface area (Å²) >= 11 is 0. The normalized spacial score (nSPS) is 12.3. The minimum Gasteiger partial charge on any atom is -0.491 e. The van der Waals surface area contributed by atoms with E-state index < -0.39 is 6.10 Å². The van der Waals surface area contributed by atoms with Crippen molar-refractivity contribution in [2.45, 2.75) is 33.0 Å². The van der Waals surface area contributed by atoms with Gasteiger partial charge in [0.05, 0.1) is 12.8 Å². The van der Waals surface area contributed by atoms with Crippen molar-refractivity contribution in [2.75, 3.05) is 13.2 Å². The fraction of sp³-hybridized carbons (Fsp3) is 0.304. The second kappa shape index (κ2) is 9.40. The van der Waals surface area contributed by atoms with Crippen LogP contribution in [0.5, 0.6) is 5.75 Å². The number of rotatable bonds is 9. The third-order valence-electron chi connectivity index (χ3n) is 4.44. The molecule has 4 heteroatoms. The zero-order valence-electron chi connectivity index (χ0n) is 16.0. The molecule has 0 unspecified atom stereocenters. The molecule has 3 rings (SSSR count). The number of hydrogen-bond acceptors (Lipinski definition) is 4. The average molecular weight is 365 g/mol. The summed E-state index contributed by atoms with van der Waals surface area (Å²) in [5.74, 6) is 1.70. The summed E-state index contributed by atoms with van der Waals surface area (Å²) in [6, 6.07) is 20.1. The Morgan fingerprint density at radius 2 is 1.85 bits per heavy atom. The first kappa shape index (κ1) is 19.2. The molecule has 0 saturated carbocycles. The maximum atomic E-state index is 10.5. The first-order chi connectivity index (χ1) is 13.1. The highest BCUT2D eigenvalue weighted by atomic mass is 16.5. The van der Waals surface area contributed by atoms with E-state index >= 15 is 0 Å². The highest BCUT2D eigenvalue weighted by Crippen LogP contribution is 2.17. The standard InChI is InChI=1S/C23H27NO3/c1-18-7-5-9-20(13-18)14-24(16-22-10-6-12-26-22)15-21(25)17-27-23-11-4-3-8-19(23)2/h3-13,21,25H,14-17H2,1-2H3/t21-/m1/s1. The maximum Gasteiger partial charge on any atom is 0.122 e. The van der Waals surface area contributed by atoms with Gasteiger partial charge in [0.1, 0.15) is 24.2 Å². The lowest BCUT2D eigenvalue weighted by atomic mass is 10.1. The molecule has 1 heterocycles.